The number of aryl methyl sites for hydroxylation is 2. The SMILES string of the molecule is CCCCNC(=O)C(Cc1ccccc1)N(Cc1cccc(Br)c1)C(=O)CN(c1c(C)cccc1C)S(C)(=O)=O. The van der Waals surface area contributed by atoms with Gasteiger partial charge in [0.2, 0.25) is 21.8 Å². The van der Waals surface area contributed by atoms with E-state index >= 15 is 0 Å². The van der Waals surface area contributed by atoms with E-state index in [1.165, 1.54) is 4.90 Å². The molecule has 9 heteroatoms. The molecule has 3 aromatic carbocycles. The molecule has 40 heavy (non-hydrogen) atoms. The molecular weight excluding hydrogens is 590 g/mol. The van der Waals surface area contributed by atoms with E-state index in [9.17, 15) is 18.0 Å². The van der Waals surface area contributed by atoms with Gasteiger partial charge < -0.3 is 10.2 Å². The van der Waals surface area contributed by atoms with E-state index < -0.39 is 28.5 Å². The normalized spacial score (nSPS) is 12.0. The molecule has 0 saturated heterocycles. The number of carbonyl (C=O) groups excluding carboxylic acids is 2. The van der Waals surface area contributed by atoms with Gasteiger partial charge in [-0.15, -0.1) is 0 Å². The van der Waals surface area contributed by atoms with E-state index in [0.717, 1.165) is 50.1 Å². The molecule has 7 nitrogen and oxygen atoms in total. The lowest BCUT2D eigenvalue weighted by Crippen LogP contribution is -2.53. The summed E-state index contributed by atoms with van der Waals surface area (Å²) in [7, 11) is -3.82. The summed E-state index contributed by atoms with van der Waals surface area (Å²) in [5, 5.41) is 3.00. The smallest absolute Gasteiger partial charge is 0.244 e. The minimum Gasteiger partial charge on any atom is -0.354 e. The Bertz CT molecular complexity index is 1390. The number of hydrogen-bond acceptors (Lipinski definition) is 4. The number of nitrogens with one attached hydrogen (secondary N) is 1. The van der Waals surface area contributed by atoms with Crippen LogP contribution in [0, 0.1) is 13.8 Å². The molecular formula is C31H38BrN3O4S. The fraction of sp³-hybridized carbons (Fsp3) is 0.355. The predicted molar refractivity (Wildman–Crippen MR) is 165 cm³/mol. The Morgan fingerprint density at radius 2 is 1.55 bits per heavy atom. The monoisotopic (exact) mass is 627 g/mol. The maximum atomic E-state index is 14.2. The van der Waals surface area contributed by atoms with E-state index in [2.05, 4.69) is 21.2 Å². The maximum absolute atomic E-state index is 14.2. The fourth-order valence-electron chi connectivity index (χ4n) is 4.67. The number of anilines is 1. The molecule has 1 atom stereocenters. The summed E-state index contributed by atoms with van der Waals surface area (Å²) < 4.78 is 28.1. The van der Waals surface area contributed by atoms with Gasteiger partial charge in [-0.2, -0.15) is 0 Å². The van der Waals surface area contributed by atoms with Crippen molar-refractivity contribution >= 4 is 43.5 Å². The second kappa shape index (κ2) is 14.5. The third kappa shape index (κ3) is 8.66. The van der Waals surface area contributed by atoms with Crippen LogP contribution in [0.1, 0.15) is 42.0 Å². The lowest BCUT2D eigenvalue weighted by molar-refractivity contribution is -0.140. The predicted octanol–water partition coefficient (Wildman–Crippen LogP) is 5.39. The first-order chi connectivity index (χ1) is 19.0. The number of unbranched alkanes of at least 4 members (excludes halogenated alkanes) is 1. The van der Waals surface area contributed by atoms with Gasteiger partial charge in [-0.05, 0) is 54.7 Å². The number of carbonyl (C=O) groups is 2. The number of rotatable bonds is 13. The van der Waals surface area contributed by atoms with Gasteiger partial charge in [0.1, 0.15) is 12.6 Å². The number of hydrogen-bond donors (Lipinski definition) is 1. The molecule has 2 amide bonds. The molecule has 0 fully saturated rings. The molecule has 0 spiro atoms. The second-order valence-corrected chi connectivity index (χ2v) is 12.8. The summed E-state index contributed by atoms with van der Waals surface area (Å²) in [6, 6.07) is 21.7. The number of para-hydroxylation sites is 1. The van der Waals surface area contributed by atoms with Crippen LogP contribution in [0.2, 0.25) is 0 Å². The molecule has 3 aromatic rings. The van der Waals surface area contributed by atoms with Crippen LogP contribution >= 0.6 is 15.9 Å². The lowest BCUT2D eigenvalue weighted by Gasteiger charge is -2.34. The number of nitrogens with zero attached hydrogens (tertiary/aromatic N) is 2. The van der Waals surface area contributed by atoms with E-state index in [-0.39, 0.29) is 12.5 Å². The largest absolute Gasteiger partial charge is 0.354 e. The van der Waals surface area contributed by atoms with Gasteiger partial charge in [0.15, 0.2) is 0 Å². The number of halogens is 1. The molecule has 0 aliphatic carbocycles. The molecule has 0 saturated carbocycles. The Morgan fingerprint density at radius 3 is 2.15 bits per heavy atom. The number of sulfonamides is 1. The van der Waals surface area contributed by atoms with Crippen LogP contribution in [-0.4, -0.2) is 50.5 Å². The third-order valence-electron chi connectivity index (χ3n) is 6.71. The molecule has 1 unspecified atom stereocenters. The molecule has 0 heterocycles. The highest BCUT2D eigenvalue weighted by molar-refractivity contribution is 9.10. The summed E-state index contributed by atoms with van der Waals surface area (Å²) in [6.07, 6.45) is 3.13. The van der Waals surface area contributed by atoms with Crippen molar-refractivity contribution in [2.24, 2.45) is 0 Å². The Balaban J connectivity index is 2.07. The quantitative estimate of drug-likeness (QED) is 0.258. The van der Waals surface area contributed by atoms with Crippen molar-refractivity contribution < 1.29 is 18.0 Å². The average Bonchev–Trinajstić information content (AvgIpc) is 2.90. The Hall–Kier alpha value is -3.17. The van der Waals surface area contributed by atoms with E-state index in [0.29, 0.717) is 18.7 Å². The second-order valence-electron chi connectivity index (χ2n) is 10.0. The van der Waals surface area contributed by atoms with Gasteiger partial charge in [-0.3, -0.25) is 13.9 Å². The van der Waals surface area contributed by atoms with Crippen LogP contribution in [-0.2, 0) is 32.6 Å². The Kier molecular flexibility index (Phi) is 11.3. The zero-order chi connectivity index (χ0) is 29.3. The van der Waals surface area contributed by atoms with Crippen molar-refractivity contribution in [3.8, 4) is 0 Å². The molecule has 3 rings (SSSR count). The van der Waals surface area contributed by atoms with Crippen LogP contribution in [0.5, 0.6) is 0 Å². The van der Waals surface area contributed by atoms with Crippen LogP contribution in [0.4, 0.5) is 5.69 Å². The van der Waals surface area contributed by atoms with E-state index in [1.54, 1.807) is 0 Å². The van der Waals surface area contributed by atoms with E-state index in [4.69, 9.17) is 0 Å². The summed E-state index contributed by atoms with van der Waals surface area (Å²) in [5.41, 5.74) is 3.69. The van der Waals surface area contributed by atoms with Crippen LogP contribution in [0.3, 0.4) is 0 Å². The molecule has 0 aliphatic heterocycles. The maximum Gasteiger partial charge on any atom is 0.244 e. The average molecular weight is 629 g/mol. The Labute approximate surface area is 246 Å². The van der Waals surface area contributed by atoms with Crippen molar-refractivity contribution in [1.82, 2.24) is 10.2 Å². The van der Waals surface area contributed by atoms with Crippen molar-refractivity contribution in [3.05, 3.63) is 99.5 Å². The standard InChI is InChI=1S/C31H38BrN3O4S/c1-5-6-18-33-31(37)28(20-25-14-8-7-9-15-25)34(21-26-16-11-17-27(32)19-26)29(36)22-35(40(4,38)39)30-23(2)12-10-13-24(30)3/h7-17,19,28H,5-6,18,20-22H2,1-4H3,(H,33,37). The molecule has 1 N–H and O–H groups in total. The van der Waals surface area contributed by atoms with Gasteiger partial charge in [0.05, 0.1) is 11.9 Å². The zero-order valence-corrected chi connectivity index (χ0v) is 26.0. The summed E-state index contributed by atoms with van der Waals surface area (Å²) >= 11 is 3.49. The van der Waals surface area contributed by atoms with Gasteiger partial charge >= 0.3 is 0 Å². The first-order valence-corrected chi connectivity index (χ1v) is 16.0. The first kappa shape index (κ1) is 31.4. The molecule has 214 valence electrons. The van der Waals surface area contributed by atoms with Crippen LogP contribution in [0.25, 0.3) is 0 Å². The summed E-state index contributed by atoms with van der Waals surface area (Å²) in [5.74, 6) is -0.724. The highest BCUT2D eigenvalue weighted by Gasteiger charge is 2.33. The minimum absolute atomic E-state index is 0.140. The fourth-order valence-corrected chi connectivity index (χ4v) is 6.08. The van der Waals surface area contributed by atoms with Crippen molar-refractivity contribution in [3.63, 3.8) is 0 Å². The van der Waals surface area contributed by atoms with Crippen molar-refractivity contribution in [2.45, 2.75) is 52.6 Å². The van der Waals surface area contributed by atoms with Crippen molar-refractivity contribution in [1.29, 1.82) is 0 Å². The van der Waals surface area contributed by atoms with Gasteiger partial charge in [0, 0.05) is 24.0 Å². The zero-order valence-electron chi connectivity index (χ0n) is 23.6. The summed E-state index contributed by atoms with van der Waals surface area (Å²) in [6.45, 7) is 5.90. The van der Waals surface area contributed by atoms with Crippen LogP contribution < -0.4 is 9.62 Å². The van der Waals surface area contributed by atoms with Crippen LogP contribution in [0.15, 0.2) is 77.3 Å². The minimum atomic E-state index is -3.82. The number of benzene rings is 3. The Morgan fingerprint density at radius 1 is 0.925 bits per heavy atom. The van der Waals surface area contributed by atoms with Gasteiger partial charge in [-0.25, -0.2) is 8.42 Å². The van der Waals surface area contributed by atoms with E-state index in [1.807, 2.05) is 93.6 Å². The highest BCUT2D eigenvalue weighted by atomic mass is 79.9. The third-order valence-corrected chi connectivity index (χ3v) is 8.32. The topological polar surface area (TPSA) is 86.8 Å². The molecule has 0 radical (unpaired) electrons. The van der Waals surface area contributed by atoms with Gasteiger partial charge in [-0.1, -0.05) is 89.9 Å². The number of amides is 2. The van der Waals surface area contributed by atoms with Crippen molar-refractivity contribution in [2.75, 3.05) is 23.7 Å². The molecule has 0 bridgehead atoms. The summed E-state index contributed by atoms with van der Waals surface area (Å²) in [4.78, 5) is 29.3. The molecule has 0 aliphatic rings. The first-order valence-electron chi connectivity index (χ1n) is 13.4. The highest BCUT2D eigenvalue weighted by Crippen LogP contribution is 2.27. The molecule has 0 aromatic heterocycles. The lowest BCUT2D eigenvalue weighted by atomic mass is 10.0. The van der Waals surface area contributed by atoms with Gasteiger partial charge in [0.25, 0.3) is 0 Å².